The van der Waals surface area contributed by atoms with Gasteiger partial charge in [0.1, 0.15) is 10.1 Å². The van der Waals surface area contributed by atoms with Gasteiger partial charge in [-0.1, -0.05) is 36.4 Å². The summed E-state index contributed by atoms with van der Waals surface area (Å²) in [5.74, 6) is 0. The zero-order valence-corrected chi connectivity index (χ0v) is 14.8. The van der Waals surface area contributed by atoms with Crippen LogP contribution in [0.25, 0.3) is 10.8 Å². The van der Waals surface area contributed by atoms with Crippen molar-refractivity contribution in [2.75, 3.05) is 0 Å². The number of benzene rings is 2. The first-order chi connectivity index (χ1) is 9.49. The summed E-state index contributed by atoms with van der Waals surface area (Å²) in [7, 11) is -4.55. The molecule has 0 saturated heterocycles. The second kappa shape index (κ2) is 7.38. The molecule has 3 nitrogen and oxygen atoms in total. The third kappa shape index (κ3) is 3.84. The Morgan fingerprint density at radius 2 is 1.71 bits per heavy atom. The Kier molecular flexibility index (Phi) is 6.38. The van der Waals surface area contributed by atoms with Crippen LogP contribution in [0.15, 0.2) is 60.5 Å². The molecule has 5 heteroatoms. The Hall–Kier alpha value is -0.910. The van der Waals surface area contributed by atoms with Crippen molar-refractivity contribution in [1.29, 1.82) is 0 Å². The summed E-state index contributed by atoms with van der Waals surface area (Å²) in [6.07, 6.45) is 3.87. The fourth-order valence-electron chi connectivity index (χ4n) is 2.43. The predicted molar refractivity (Wildman–Crippen MR) is 79.7 cm³/mol. The maximum atomic E-state index is 11.6. The minimum atomic E-state index is -4.55. The molecule has 104 valence electrons. The molecule has 0 aliphatic carbocycles. The molecule has 0 fully saturated rings. The van der Waals surface area contributed by atoms with Crippen LogP contribution < -0.4 is 29.6 Å². The van der Waals surface area contributed by atoms with E-state index in [0.717, 1.165) is 10.8 Å². The normalized spacial score (nSPS) is 10.9. The third-order valence-corrected chi connectivity index (χ3v) is 4.15. The van der Waals surface area contributed by atoms with Crippen molar-refractivity contribution in [3.05, 3.63) is 66.8 Å². The first-order valence-corrected chi connectivity index (χ1v) is 7.61. The number of allylic oxidation sites excluding steroid dienone is 2. The maximum Gasteiger partial charge on any atom is 1.00 e. The van der Waals surface area contributed by atoms with Crippen LogP contribution in [0.3, 0.4) is 0 Å². The van der Waals surface area contributed by atoms with Gasteiger partial charge in [-0.05, 0) is 40.8 Å². The summed E-state index contributed by atoms with van der Waals surface area (Å²) >= 11 is 0. The monoisotopic (exact) mass is 310 g/mol. The summed E-state index contributed by atoms with van der Waals surface area (Å²) in [5, 5.41) is 1.68. The van der Waals surface area contributed by atoms with E-state index in [0.29, 0.717) is 24.0 Å². The van der Waals surface area contributed by atoms with Crippen LogP contribution in [-0.4, -0.2) is 13.0 Å². The zero-order valence-electron chi connectivity index (χ0n) is 12.0. The van der Waals surface area contributed by atoms with Gasteiger partial charge in [0, 0.05) is 0 Å². The first-order valence-electron chi connectivity index (χ1n) is 6.20. The van der Waals surface area contributed by atoms with E-state index in [2.05, 4.69) is 13.2 Å². The van der Waals surface area contributed by atoms with Crippen molar-refractivity contribution in [3.8, 4) is 0 Å². The van der Waals surface area contributed by atoms with Crippen LogP contribution in [0.4, 0.5) is 0 Å². The average molecular weight is 310 g/mol. The fourth-order valence-corrected chi connectivity index (χ4v) is 3.39. The second-order valence-corrected chi connectivity index (χ2v) is 5.82. The van der Waals surface area contributed by atoms with E-state index < -0.39 is 10.1 Å². The van der Waals surface area contributed by atoms with E-state index in [1.807, 2.05) is 24.3 Å². The van der Waals surface area contributed by atoms with Gasteiger partial charge in [0.2, 0.25) is 0 Å². The molecular formula is C16H15NaO3S. The molecule has 2 aromatic carbocycles. The molecule has 0 atom stereocenters. The molecule has 0 aliphatic rings. The molecule has 0 N–H and O–H groups in total. The van der Waals surface area contributed by atoms with Crippen molar-refractivity contribution in [2.45, 2.75) is 17.7 Å². The van der Waals surface area contributed by atoms with Crippen molar-refractivity contribution in [1.82, 2.24) is 0 Å². The summed E-state index contributed by atoms with van der Waals surface area (Å²) in [6, 6.07) is 9.16. The van der Waals surface area contributed by atoms with E-state index >= 15 is 0 Å². The van der Waals surface area contributed by atoms with E-state index in [4.69, 9.17) is 0 Å². The van der Waals surface area contributed by atoms with Gasteiger partial charge in [0.05, 0.1) is 4.90 Å². The Bertz CT molecular complexity index is 779. The first kappa shape index (κ1) is 18.1. The zero-order chi connectivity index (χ0) is 14.8. The number of fused-ring (bicyclic) bond motifs is 1. The van der Waals surface area contributed by atoms with Crippen molar-refractivity contribution in [2.24, 2.45) is 0 Å². The number of hydrogen-bond donors (Lipinski definition) is 0. The summed E-state index contributed by atoms with van der Waals surface area (Å²) in [4.78, 5) is -0.129. The Labute approximate surface area is 147 Å². The van der Waals surface area contributed by atoms with Crippen LogP contribution in [-0.2, 0) is 23.0 Å². The van der Waals surface area contributed by atoms with Crippen LogP contribution >= 0.6 is 0 Å². The molecule has 0 radical (unpaired) electrons. The minimum absolute atomic E-state index is 0. The van der Waals surface area contributed by atoms with Crippen molar-refractivity contribution >= 4 is 20.9 Å². The number of hydrogen-bond acceptors (Lipinski definition) is 3. The average Bonchev–Trinajstić information content (AvgIpc) is 2.38. The summed E-state index contributed by atoms with van der Waals surface area (Å²) in [6.45, 7) is 7.26. The third-order valence-electron chi connectivity index (χ3n) is 3.14. The van der Waals surface area contributed by atoms with Crippen LogP contribution in [0, 0.1) is 0 Å². The van der Waals surface area contributed by atoms with Crippen LogP contribution in [0.2, 0.25) is 0 Å². The number of rotatable bonds is 5. The molecule has 0 aliphatic heterocycles. The molecule has 0 unspecified atom stereocenters. The van der Waals surface area contributed by atoms with Gasteiger partial charge in [-0.2, -0.15) is 0 Å². The molecule has 2 rings (SSSR count). The van der Waals surface area contributed by atoms with Crippen molar-refractivity contribution in [3.63, 3.8) is 0 Å². The molecule has 0 spiro atoms. The van der Waals surface area contributed by atoms with Gasteiger partial charge in [0.15, 0.2) is 0 Å². The van der Waals surface area contributed by atoms with E-state index in [-0.39, 0.29) is 34.5 Å². The van der Waals surface area contributed by atoms with Crippen molar-refractivity contribution < 1.29 is 42.5 Å². The molecule has 0 saturated carbocycles. The van der Waals surface area contributed by atoms with Gasteiger partial charge >= 0.3 is 29.6 Å². The minimum Gasteiger partial charge on any atom is -0.744 e. The predicted octanol–water partition coefficient (Wildman–Crippen LogP) is 0.205. The largest absolute Gasteiger partial charge is 1.00 e. The van der Waals surface area contributed by atoms with Crippen LogP contribution in [0.5, 0.6) is 0 Å². The van der Waals surface area contributed by atoms with Gasteiger partial charge in [-0.3, -0.25) is 0 Å². The summed E-state index contributed by atoms with van der Waals surface area (Å²) in [5.41, 5.74) is 1.01. The molecule has 21 heavy (non-hydrogen) atoms. The second-order valence-electron chi connectivity index (χ2n) is 4.50. The Morgan fingerprint density at radius 1 is 1.10 bits per heavy atom. The quantitative estimate of drug-likeness (QED) is 0.450. The topological polar surface area (TPSA) is 57.2 Å². The van der Waals surface area contributed by atoms with Gasteiger partial charge < -0.3 is 4.55 Å². The van der Waals surface area contributed by atoms with E-state index in [1.54, 1.807) is 18.2 Å². The van der Waals surface area contributed by atoms with E-state index in [1.165, 1.54) is 0 Å². The molecule has 0 aromatic heterocycles. The molecular weight excluding hydrogens is 295 g/mol. The van der Waals surface area contributed by atoms with E-state index in [9.17, 15) is 13.0 Å². The molecule has 0 bridgehead atoms. The summed E-state index contributed by atoms with van der Waals surface area (Å²) < 4.78 is 34.9. The smallest absolute Gasteiger partial charge is 0.744 e. The van der Waals surface area contributed by atoms with Gasteiger partial charge in [-0.15, -0.1) is 13.2 Å². The maximum absolute atomic E-state index is 11.6. The molecule has 0 amide bonds. The van der Waals surface area contributed by atoms with Crippen LogP contribution in [0.1, 0.15) is 11.1 Å². The van der Waals surface area contributed by atoms with Gasteiger partial charge in [-0.25, -0.2) is 8.42 Å². The SMILES string of the molecule is C=CCc1cc2ccccc2c(CC=C)c1S(=O)(=O)[O-].[Na+]. The fraction of sp³-hybridized carbons (Fsp3) is 0.125. The molecule has 2 aromatic rings. The Morgan fingerprint density at radius 3 is 2.29 bits per heavy atom. The standard InChI is InChI=1S/C16H16O3S.Na/c1-3-7-13-11-12-9-5-6-10-14(12)15(8-4-2)16(13)20(17,18)19;/h3-6,9-11H,1-2,7-8H2,(H,17,18,19);/q;+1/p-1. The van der Waals surface area contributed by atoms with Gasteiger partial charge in [0.25, 0.3) is 0 Å². The molecule has 0 heterocycles. The Balaban J connectivity index is 0.00000220.